The van der Waals surface area contributed by atoms with E-state index < -0.39 is 0 Å². The van der Waals surface area contributed by atoms with Crippen LogP contribution in [0.2, 0.25) is 0 Å². The molecule has 2 N–H and O–H groups in total. The zero-order valence-electron chi connectivity index (χ0n) is 16.6. The van der Waals surface area contributed by atoms with Crippen LogP contribution >= 0.6 is 11.8 Å². The highest BCUT2D eigenvalue weighted by Gasteiger charge is 2.18. The Bertz CT molecular complexity index is 973. The maximum Gasteiger partial charge on any atom is 0.233 e. The number of fused-ring (bicyclic) bond motifs is 1. The third-order valence-corrected chi connectivity index (χ3v) is 6.42. The van der Waals surface area contributed by atoms with E-state index in [4.69, 9.17) is 5.84 Å². The highest BCUT2D eigenvalue weighted by atomic mass is 32.2. The monoisotopic (exact) mass is 409 g/mol. The Hall–Kier alpha value is -2.54. The van der Waals surface area contributed by atoms with Crippen molar-refractivity contribution in [1.29, 1.82) is 0 Å². The molecule has 1 saturated heterocycles. The van der Waals surface area contributed by atoms with Gasteiger partial charge < -0.3 is 10.7 Å². The highest BCUT2D eigenvalue weighted by molar-refractivity contribution is 7.99. The molecule has 1 fully saturated rings. The number of nitrogens with two attached hydrogens (primary N) is 1. The van der Waals surface area contributed by atoms with Crippen LogP contribution in [0, 0.1) is 0 Å². The van der Waals surface area contributed by atoms with E-state index in [1.165, 1.54) is 46.5 Å². The Balaban J connectivity index is 1.41. The lowest BCUT2D eigenvalue weighted by molar-refractivity contribution is -0.128. The molecule has 1 aliphatic rings. The SMILES string of the molecule is Nn1c(Cc2cccc3ccccc23)nnc1SCC(=O)N1CCCCCCC1. The number of aromatic nitrogens is 3. The van der Waals surface area contributed by atoms with Crippen LogP contribution in [0.5, 0.6) is 0 Å². The second-order valence-electron chi connectivity index (χ2n) is 7.52. The number of carbonyl (C=O) groups excluding carboxylic acids is 1. The molecule has 1 amide bonds. The molecule has 0 unspecified atom stereocenters. The Kier molecular flexibility index (Phi) is 6.34. The van der Waals surface area contributed by atoms with E-state index in [1.807, 2.05) is 23.1 Å². The summed E-state index contributed by atoms with van der Waals surface area (Å²) in [6.45, 7) is 1.72. The molecule has 4 rings (SSSR count). The maximum absolute atomic E-state index is 12.6. The quantitative estimate of drug-likeness (QED) is 0.514. The van der Waals surface area contributed by atoms with E-state index in [0.717, 1.165) is 31.5 Å². The second kappa shape index (κ2) is 9.31. The van der Waals surface area contributed by atoms with E-state index in [0.29, 0.717) is 23.2 Å². The van der Waals surface area contributed by atoms with Crippen LogP contribution < -0.4 is 5.84 Å². The molecular formula is C22H27N5OS. The first-order valence-corrected chi connectivity index (χ1v) is 11.3. The van der Waals surface area contributed by atoms with Crippen LogP contribution in [-0.2, 0) is 11.2 Å². The van der Waals surface area contributed by atoms with Gasteiger partial charge in [-0.3, -0.25) is 4.79 Å². The molecule has 3 aromatic rings. The number of amides is 1. The Labute approximate surface area is 175 Å². The predicted molar refractivity (Wildman–Crippen MR) is 117 cm³/mol. The lowest BCUT2D eigenvalue weighted by Gasteiger charge is -2.24. The van der Waals surface area contributed by atoms with Gasteiger partial charge in [0.05, 0.1) is 5.75 Å². The van der Waals surface area contributed by atoms with Crippen molar-refractivity contribution in [2.75, 3.05) is 24.7 Å². The average Bonchev–Trinajstić information content (AvgIpc) is 3.06. The molecule has 0 bridgehead atoms. The van der Waals surface area contributed by atoms with Crippen molar-refractivity contribution in [1.82, 2.24) is 19.8 Å². The molecule has 1 aliphatic heterocycles. The molecule has 0 spiro atoms. The van der Waals surface area contributed by atoms with Gasteiger partial charge in [0.25, 0.3) is 0 Å². The van der Waals surface area contributed by atoms with E-state index in [9.17, 15) is 4.79 Å². The van der Waals surface area contributed by atoms with E-state index in [1.54, 1.807) is 0 Å². The molecule has 0 radical (unpaired) electrons. The summed E-state index contributed by atoms with van der Waals surface area (Å²) in [6.07, 6.45) is 6.51. The van der Waals surface area contributed by atoms with Crippen LogP contribution in [0.1, 0.15) is 43.5 Å². The normalized spacial score (nSPS) is 15.2. The molecular weight excluding hydrogens is 382 g/mol. The van der Waals surface area contributed by atoms with Gasteiger partial charge in [-0.15, -0.1) is 10.2 Å². The molecule has 6 nitrogen and oxygen atoms in total. The molecule has 29 heavy (non-hydrogen) atoms. The number of nitrogen functional groups attached to an aromatic ring is 1. The fraction of sp³-hybridized carbons (Fsp3) is 0.409. The van der Waals surface area contributed by atoms with Crippen molar-refractivity contribution < 1.29 is 4.79 Å². The summed E-state index contributed by atoms with van der Waals surface area (Å²) in [4.78, 5) is 14.6. The highest BCUT2D eigenvalue weighted by Crippen LogP contribution is 2.22. The number of rotatable bonds is 5. The zero-order valence-corrected chi connectivity index (χ0v) is 17.4. The van der Waals surface area contributed by atoms with Crippen LogP contribution in [-0.4, -0.2) is 44.5 Å². The van der Waals surface area contributed by atoms with Gasteiger partial charge >= 0.3 is 0 Å². The lowest BCUT2D eigenvalue weighted by atomic mass is 10.0. The molecule has 7 heteroatoms. The number of hydrogen-bond acceptors (Lipinski definition) is 5. The third-order valence-electron chi connectivity index (χ3n) is 5.50. The van der Waals surface area contributed by atoms with E-state index in [-0.39, 0.29) is 5.91 Å². The van der Waals surface area contributed by atoms with Crippen molar-refractivity contribution in [2.45, 2.75) is 43.7 Å². The van der Waals surface area contributed by atoms with Gasteiger partial charge in [0.15, 0.2) is 5.82 Å². The van der Waals surface area contributed by atoms with Gasteiger partial charge in [-0.25, -0.2) is 4.68 Å². The van der Waals surface area contributed by atoms with E-state index >= 15 is 0 Å². The molecule has 2 heterocycles. The van der Waals surface area contributed by atoms with Gasteiger partial charge in [-0.1, -0.05) is 73.5 Å². The van der Waals surface area contributed by atoms with E-state index in [2.05, 4.69) is 34.5 Å². The molecule has 1 aromatic heterocycles. The molecule has 0 saturated carbocycles. The van der Waals surface area contributed by atoms with Crippen molar-refractivity contribution in [2.24, 2.45) is 0 Å². The minimum atomic E-state index is 0.163. The number of thioether (sulfide) groups is 1. The molecule has 0 aliphatic carbocycles. The first-order chi connectivity index (χ1) is 14.2. The standard InChI is InChI=1S/C22H27N5OS/c23-27-20(15-18-11-8-10-17-9-4-5-12-19(17)18)24-25-22(27)29-16-21(28)26-13-6-2-1-3-7-14-26/h4-5,8-12H,1-3,6-7,13-16,23H2. The zero-order chi connectivity index (χ0) is 20.1. The van der Waals surface area contributed by atoms with Crippen molar-refractivity contribution in [3.05, 3.63) is 53.9 Å². The maximum atomic E-state index is 12.6. The minimum absolute atomic E-state index is 0.163. The molecule has 0 atom stereocenters. The van der Waals surface area contributed by atoms with Gasteiger partial charge in [0, 0.05) is 19.5 Å². The van der Waals surface area contributed by atoms with Gasteiger partial charge in [0.2, 0.25) is 11.1 Å². The summed E-state index contributed by atoms with van der Waals surface area (Å²) < 4.78 is 1.52. The number of benzene rings is 2. The van der Waals surface area contributed by atoms with Crippen LogP contribution in [0.25, 0.3) is 10.8 Å². The van der Waals surface area contributed by atoms with Gasteiger partial charge in [-0.2, -0.15) is 0 Å². The Morgan fingerprint density at radius 1 is 0.966 bits per heavy atom. The molecule has 152 valence electrons. The fourth-order valence-electron chi connectivity index (χ4n) is 3.86. The number of hydrogen-bond donors (Lipinski definition) is 1. The topological polar surface area (TPSA) is 77.0 Å². The van der Waals surface area contributed by atoms with Crippen LogP contribution in [0.3, 0.4) is 0 Å². The number of nitrogens with zero attached hydrogens (tertiary/aromatic N) is 4. The van der Waals surface area contributed by atoms with Crippen molar-refractivity contribution in [3.63, 3.8) is 0 Å². The smallest absolute Gasteiger partial charge is 0.233 e. The Morgan fingerprint density at radius 2 is 1.69 bits per heavy atom. The minimum Gasteiger partial charge on any atom is -0.342 e. The third kappa shape index (κ3) is 4.72. The first-order valence-electron chi connectivity index (χ1n) is 10.3. The molecule has 2 aromatic carbocycles. The van der Waals surface area contributed by atoms with Gasteiger partial charge in [0.1, 0.15) is 0 Å². The summed E-state index contributed by atoms with van der Waals surface area (Å²) in [5, 5.41) is 11.5. The van der Waals surface area contributed by atoms with Crippen molar-refractivity contribution >= 4 is 28.4 Å². The predicted octanol–water partition coefficient (Wildman–Crippen LogP) is 3.62. The Morgan fingerprint density at radius 3 is 2.52 bits per heavy atom. The van der Waals surface area contributed by atoms with Crippen LogP contribution in [0.4, 0.5) is 0 Å². The summed E-state index contributed by atoms with van der Waals surface area (Å²) in [5.74, 6) is 7.46. The summed E-state index contributed by atoms with van der Waals surface area (Å²) in [7, 11) is 0. The fourth-order valence-corrected chi connectivity index (χ4v) is 4.64. The lowest BCUT2D eigenvalue weighted by Crippen LogP contribution is -2.35. The number of carbonyl (C=O) groups is 1. The number of likely N-dealkylation sites (tertiary alicyclic amines) is 1. The van der Waals surface area contributed by atoms with Gasteiger partial charge in [-0.05, 0) is 29.2 Å². The summed E-state index contributed by atoms with van der Waals surface area (Å²) in [6, 6.07) is 14.5. The largest absolute Gasteiger partial charge is 0.342 e. The summed E-state index contributed by atoms with van der Waals surface area (Å²) >= 11 is 1.37. The van der Waals surface area contributed by atoms with Crippen LogP contribution in [0.15, 0.2) is 47.6 Å². The first kappa shape index (κ1) is 19.8. The van der Waals surface area contributed by atoms with Crippen molar-refractivity contribution in [3.8, 4) is 0 Å². The second-order valence-corrected chi connectivity index (χ2v) is 8.46. The summed E-state index contributed by atoms with van der Waals surface area (Å²) in [5.41, 5.74) is 1.16. The average molecular weight is 410 g/mol.